The van der Waals surface area contributed by atoms with Gasteiger partial charge in [-0.3, -0.25) is 0 Å². The second-order valence-corrected chi connectivity index (χ2v) is 5.35. The van der Waals surface area contributed by atoms with Gasteiger partial charge in [0.15, 0.2) is 11.5 Å². The molecule has 1 rings (SSSR count). The highest BCUT2D eigenvalue weighted by Crippen LogP contribution is 2.32. The maximum atomic E-state index is 5.40. The van der Waals surface area contributed by atoms with Crippen LogP contribution in [0.15, 0.2) is 18.2 Å². The van der Waals surface area contributed by atoms with Gasteiger partial charge in [0.05, 0.1) is 14.2 Å². The Morgan fingerprint density at radius 2 is 1.80 bits per heavy atom. The van der Waals surface area contributed by atoms with Crippen molar-refractivity contribution >= 4 is 0 Å². The van der Waals surface area contributed by atoms with Crippen LogP contribution in [0.25, 0.3) is 0 Å². The van der Waals surface area contributed by atoms with Crippen LogP contribution in [0, 0.1) is 5.92 Å². The molecule has 0 aliphatic rings. The molecule has 3 heteroatoms. The van der Waals surface area contributed by atoms with Gasteiger partial charge in [-0.1, -0.05) is 39.7 Å². The van der Waals surface area contributed by atoms with Gasteiger partial charge in [-0.2, -0.15) is 0 Å². The highest BCUT2D eigenvalue weighted by molar-refractivity contribution is 5.43. The summed E-state index contributed by atoms with van der Waals surface area (Å²) in [5.74, 6) is 2.31. The summed E-state index contributed by atoms with van der Waals surface area (Å²) in [5, 5.41) is 3.58. The standard InChI is InChI=1S/C17H29NO2/c1-6-8-13(3)11-15(18-7-2)14-9-10-16(19-4)17(12-14)20-5/h9-10,12-13,15,18H,6-8,11H2,1-5H3. The third-order valence-electron chi connectivity index (χ3n) is 3.68. The van der Waals surface area contributed by atoms with E-state index in [-0.39, 0.29) is 0 Å². The maximum absolute atomic E-state index is 5.40. The summed E-state index contributed by atoms with van der Waals surface area (Å²) in [5.41, 5.74) is 1.27. The van der Waals surface area contributed by atoms with Crippen molar-refractivity contribution in [3.8, 4) is 11.5 Å². The van der Waals surface area contributed by atoms with Crippen LogP contribution >= 0.6 is 0 Å². The van der Waals surface area contributed by atoms with Crippen LogP contribution < -0.4 is 14.8 Å². The second kappa shape index (κ2) is 8.85. The summed E-state index contributed by atoms with van der Waals surface area (Å²) < 4.78 is 10.7. The first-order valence-electron chi connectivity index (χ1n) is 7.61. The lowest BCUT2D eigenvalue weighted by Crippen LogP contribution is -2.23. The molecule has 0 saturated carbocycles. The maximum Gasteiger partial charge on any atom is 0.161 e. The van der Waals surface area contributed by atoms with Crippen molar-refractivity contribution in [2.75, 3.05) is 20.8 Å². The Morgan fingerprint density at radius 1 is 1.10 bits per heavy atom. The Labute approximate surface area is 123 Å². The number of nitrogens with one attached hydrogen (secondary N) is 1. The van der Waals surface area contributed by atoms with Crippen molar-refractivity contribution in [3.63, 3.8) is 0 Å². The smallest absolute Gasteiger partial charge is 0.161 e. The molecule has 0 aromatic heterocycles. The predicted octanol–water partition coefficient (Wildman–Crippen LogP) is 4.18. The van der Waals surface area contributed by atoms with E-state index in [2.05, 4.69) is 38.2 Å². The molecule has 0 fully saturated rings. The minimum absolute atomic E-state index is 0.376. The van der Waals surface area contributed by atoms with Crippen molar-refractivity contribution in [2.24, 2.45) is 5.92 Å². The largest absolute Gasteiger partial charge is 0.493 e. The fraction of sp³-hybridized carbons (Fsp3) is 0.647. The van der Waals surface area contributed by atoms with Gasteiger partial charge in [-0.15, -0.1) is 0 Å². The van der Waals surface area contributed by atoms with Crippen LogP contribution in [0.4, 0.5) is 0 Å². The molecular formula is C17H29NO2. The van der Waals surface area contributed by atoms with Gasteiger partial charge in [0.2, 0.25) is 0 Å². The van der Waals surface area contributed by atoms with Crippen molar-refractivity contribution in [1.82, 2.24) is 5.32 Å². The van der Waals surface area contributed by atoms with Gasteiger partial charge in [-0.05, 0) is 36.6 Å². The number of ether oxygens (including phenoxy) is 2. The molecule has 1 N–H and O–H groups in total. The summed E-state index contributed by atoms with van der Waals surface area (Å²) in [6.45, 7) is 7.69. The zero-order chi connectivity index (χ0) is 15.0. The second-order valence-electron chi connectivity index (χ2n) is 5.35. The Morgan fingerprint density at radius 3 is 2.35 bits per heavy atom. The SMILES string of the molecule is CCCC(C)CC(NCC)c1ccc(OC)c(OC)c1. The van der Waals surface area contributed by atoms with E-state index < -0.39 is 0 Å². The van der Waals surface area contributed by atoms with E-state index in [0.717, 1.165) is 30.4 Å². The van der Waals surface area contributed by atoms with Crippen LogP contribution in [-0.4, -0.2) is 20.8 Å². The topological polar surface area (TPSA) is 30.5 Å². The van der Waals surface area contributed by atoms with Crippen molar-refractivity contribution in [1.29, 1.82) is 0 Å². The molecule has 0 amide bonds. The van der Waals surface area contributed by atoms with Crippen molar-refractivity contribution in [2.45, 2.75) is 46.1 Å². The van der Waals surface area contributed by atoms with Crippen LogP contribution in [-0.2, 0) is 0 Å². The third kappa shape index (κ3) is 4.71. The number of hydrogen-bond acceptors (Lipinski definition) is 3. The lowest BCUT2D eigenvalue weighted by Gasteiger charge is -2.23. The number of rotatable bonds is 9. The first kappa shape index (κ1) is 16.8. The zero-order valence-corrected chi connectivity index (χ0v) is 13.5. The molecule has 1 aromatic rings. The quantitative estimate of drug-likeness (QED) is 0.735. The molecule has 3 nitrogen and oxygen atoms in total. The van der Waals surface area contributed by atoms with E-state index in [0.29, 0.717) is 6.04 Å². The highest BCUT2D eigenvalue weighted by Gasteiger charge is 2.16. The van der Waals surface area contributed by atoms with Crippen LogP contribution in [0.1, 0.15) is 51.6 Å². The van der Waals surface area contributed by atoms with Gasteiger partial charge >= 0.3 is 0 Å². The molecule has 0 saturated heterocycles. The predicted molar refractivity (Wildman–Crippen MR) is 84.7 cm³/mol. The Balaban J connectivity index is 2.90. The first-order chi connectivity index (χ1) is 9.65. The van der Waals surface area contributed by atoms with E-state index in [1.807, 2.05) is 6.07 Å². The molecular weight excluding hydrogens is 250 g/mol. The average Bonchev–Trinajstić information content (AvgIpc) is 2.46. The van der Waals surface area contributed by atoms with Crippen LogP contribution in [0.2, 0.25) is 0 Å². The molecule has 1 aromatic carbocycles. The molecule has 20 heavy (non-hydrogen) atoms. The molecule has 2 unspecified atom stereocenters. The monoisotopic (exact) mass is 279 g/mol. The zero-order valence-electron chi connectivity index (χ0n) is 13.5. The fourth-order valence-corrected chi connectivity index (χ4v) is 2.67. The molecule has 114 valence electrons. The van der Waals surface area contributed by atoms with E-state index in [4.69, 9.17) is 9.47 Å². The Hall–Kier alpha value is -1.22. The molecule has 2 atom stereocenters. The van der Waals surface area contributed by atoms with E-state index >= 15 is 0 Å². The normalized spacial score (nSPS) is 13.8. The van der Waals surface area contributed by atoms with E-state index in [1.54, 1.807) is 14.2 Å². The van der Waals surface area contributed by atoms with E-state index in [9.17, 15) is 0 Å². The van der Waals surface area contributed by atoms with E-state index in [1.165, 1.54) is 18.4 Å². The summed E-state index contributed by atoms with van der Waals surface area (Å²) in [6.07, 6.45) is 3.66. The van der Waals surface area contributed by atoms with Crippen molar-refractivity contribution < 1.29 is 9.47 Å². The van der Waals surface area contributed by atoms with Crippen LogP contribution in [0.5, 0.6) is 11.5 Å². The number of hydrogen-bond donors (Lipinski definition) is 1. The van der Waals surface area contributed by atoms with Crippen molar-refractivity contribution in [3.05, 3.63) is 23.8 Å². The van der Waals surface area contributed by atoms with Crippen LogP contribution in [0.3, 0.4) is 0 Å². The molecule has 0 aliphatic carbocycles. The van der Waals surface area contributed by atoms with Gasteiger partial charge in [0.25, 0.3) is 0 Å². The minimum Gasteiger partial charge on any atom is -0.493 e. The summed E-state index contributed by atoms with van der Waals surface area (Å²) in [6, 6.07) is 6.59. The Bertz CT molecular complexity index is 393. The van der Waals surface area contributed by atoms with Gasteiger partial charge in [0.1, 0.15) is 0 Å². The summed E-state index contributed by atoms with van der Waals surface area (Å²) >= 11 is 0. The van der Waals surface area contributed by atoms with Gasteiger partial charge < -0.3 is 14.8 Å². The first-order valence-corrected chi connectivity index (χ1v) is 7.61. The summed E-state index contributed by atoms with van der Waals surface area (Å²) in [7, 11) is 3.35. The third-order valence-corrected chi connectivity index (χ3v) is 3.68. The molecule has 0 radical (unpaired) electrons. The highest BCUT2D eigenvalue weighted by atomic mass is 16.5. The van der Waals surface area contributed by atoms with Gasteiger partial charge in [0, 0.05) is 6.04 Å². The molecule has 0 aliphatic heterocycles. The lowest BCUT2D eigenvalue weighted by atomic mass is 9.92. The molecule has 0 bridgehead atoms. The number of benzene rings is 1. The number of methoxy groups -OCH3 is 2. The average molecular weight is 279 g/mol. The Kier molecular flexibility index (Phi) is 7.45. The van der Waals surface area contributed by atoms with Gasteiger partial charge in [-0.25, -0.2) is 0 Å². The molecule has 0 spiro atoms. The molecule has 0 heterocycles. The fourth-order valence-electron chi connectivity index (χ4n) is 2.67. The lowest BCUT2D eigenvalue weighted by molar-refractivity contribution is 0.351. The minimum atomic E-state index is 0.376. The summed E-state index contributed by atoms with van der Waals surface area (Å²) in [4.78, 5) is 0.